The SMILES string of the molecule is [C-]#[N+]C(O[Si](C)(C)C)c1ccsc1. The maximum atomic E-state index is 7.04. The molecule has 0 N–H and O–H groups in total. The largest absolute Gasteiger partial charge is 0.349 e. The third kappa shape index (κ3) is 3.31. The predicted molar refractivity (Wildman–Crippen MR) is 58.1 cm³/mol. The minimum Gasteiger partial charge on any atom is -0.349 e. The summed E-state index contributed by atoms with van der Waals surface area (Å²) in [6.07, 6.45) is -0.391. The molecule has 0 amide bonds. The van der Waals surface area contributed by atoms with Gasteiger partial charge >= 0.3 is 6.23 Å². The molecule has 1 heterocycles. The molecule has 0 spiro atoms. The highest BCUT2D eigenvalue weighted by Crippen LogP contribution is 2.25. The third-order valence-corrected chi connectivity index (χ3v) is 3.04. The van der Waals surface area contributed by atoms with Gasteiger partial charge in [-0.2, -0.15) is 11.3 Å². The summed E-state index contributed by atoms with van der Waals surface area (Å²) in [5.74, 6) is 0. The first kappa shape index (κ1) is 10.4. The summed E-state index contributed by atoms with van der Waals surface area (Å²) in [6.45, 7) is 13.3. The van der Waals surface area contributed by atoms with E-state index in [1.54, 1.807) is 11.3 Å². The van der Waals surface area contributed by atoms with E-state index in [2.05, 4.69) is 24.5 Å². The van der Waals surface area contributed by atoms with Crippen LogP contribution in [-0.4, -0.2) is 8.32 Å². The monoisotopic (exact) mass is 211 g/mol. The number of rotatable bonds is 3. The topological polar surface area (TPSA) is 13.6 Å². The molecular weight excluding hydrogens is 198 g/mol. The van der Waals surface area contributed by atoms with Crippen LogP contribution in [-0.2, 0) is 4.43 Å². The molecule has 1 atom stereocenters. The van der Waals surface area contributed by atoms with Crippen molar-refractivity contribution >= 4 is 19.7 Å². The highest BCUT2D eigenvalue weighted by molar-refractivity contribution is 7.08. The van der Waals surface area contributed by atoms with Crippen molar-refractivity contribution in [3.63, 3.8) is 0 Å². The zero-order chi connectivity index (χ0) is 9.90. The van der Waals surface area contributed by atoms with E-state index in [9.17, 15) is 0 Å². The van der Waals surface area contributed by atoms with Gasteiger partial charge in [-0.3, -0.25) is 4.85 Å². The lowest BCUT2D eigenvalue weighted by Gasteiger charge is -2.17. The zero-order valence-electron chi connectivity index (χ0n) is 8.07. The highest BCUT2D eigenvalue weighted by Gasteiger charge is 2.26. The Kier molecular flexibility index (Phi) is 3.26. The Morgan fingerprint density at radius 3 is 2.62 bits per heavy atom. The van der Waals surface area contributed by atoms with Crippen LogP contribution in [0.4, 0.5) is 0 Å². The molecule has 0 radical (unpaired) electrons. The molecule has 0 saturated heterocycles. The van der Waals surface area contributed by atoms with Crippen LogP contribution in [0.5, 0.6) is 0 Å². The Morgan fingerprint density at radius 2 is 2.23 bits per heavy atom. The smallest absolute Gasteiger partial charge is 0.346 e. The summed E-state index contributed by atoms with van der Waals surface area (Å²) >= 11 is 1.60. The molecule has 0 saturated carbocycles. The van der Waals surface area contributed by atoms with Crippen molar-refractivity contribution in [2.24, 2.45) is 0 Å². The first-order chi connectivity index (χ1) is 6.03. The van der Waals surface area contributed by atoms with Crippen molar-refractivity contribution < 1.29 is 4.43 Å². The summed E-state index contributed by atoms with van der Waals surface area (Å²) in [6, 6.07) is 1.95. The van der Waals surface area contributed by atoms with Crippen molar-refractivity contribution in [3.8, 4) is 0 Å². The van der Waals surface area contributed by atoms with Gasteiger partial charge in [0.2, 0.25) is 0 Å². The zero-order valence-corrected chi connectivity index (χ0v) is 9.89. The van der Waals surface area contributed by atoms with Crippen LogP contribution in [0.2, 0.25) is 19.6 Å². The van der Waals surface area contributed by atoms with Gasteiger partial charge in [-0.25, -0.2) is 6.57 Å². The van der Waals surface area contributed by atoms with Gasteiger partial charge in [-0.05, 0) is 31.1 Å². The van der Waals surface area contributed by atoms with Gasteiger partial charge < -0.3 is 4.43 Å². The fraction of sp³-hybridized carbons (Fsp3) is 0.444. The minimum absolute atomic E-state index is 0.391. The van der Waals surface area contributed by atoms with Crippen LogP contribution in [0, 0.1) is 6.57 Å². The van der Waals surface area contributed by atoms with E-state index in [0.717, 1.165) is 5.56 Å². The fourth-order valence-corrected chi connectivity index (χ4v) is 2.44. The molecule has 1 rings (SSSR count). The van der Waals surface area contributed by atoms with Crippen LogP contribution in [0.25, 0.3) is 4.85 Å². The van der Waals surface area contributed by atoms with E-state index in [-0.39, 0.29) is 0 Å². The molecule has 2 nitrogen and oxygen atoms in total. The van der Waals surface area contributed by atoms with E-state index in [0.29, 0.717) is 0 Å². The Labute approximate surface area is 84.1 Å². The van der Waals surface area contributed by atoms with Gasteiger partial charge in [0.05, 0.1) is 5.56 Å². The first-order valence-corrected chi connectivity index (χ1v) is 8.44. The van der Waals surface area contributed by atoms with Gasteiger partial charge in [0.25, 0.3) is 0 Å². The first-order valence-electron chi connectivity index (χ1n) is 4.09. The average Bonchev–Trinajstić information content (AvgIpc) is 2.50. The molecule has 4 heteroatoms. The van der Waals surface area contributed by atoms with Gasteiger partial charge in [-0.15, -0.1) is 0 Å². The second-order valence-electron chi connectivity index (χ2n) is 3.77. The standard InChI is InChI=1S/C9H13NOSSi/c1-10-9(11-13(2,3)4)8-5-6-12-7-8/h5-7,9H,2-4H3. The summed E-state index contributed by atoms with van der Waals surface area (Å²) in [5.41, 5.74) is 0.988. The van der Waals surface area contributed by atoms with Gasteiger partial charge in [0.15, 0.2) is 8.32 Å². The Morgan fingerprint density at radius 1 is 1.54 bits per heavy atom. The van der Waals surface area contributed by atoms with Gasteiger partial charge in [0, 0.05) is 5.38 Å². The van der Waals surface area contributed by atoms with Crippen LogP contribution in [0.3, 0.4) is 0 Å². The van der Waals surface area contributed by atoms with Crippen molar-refractivity contribution in [2.45, 2.75) is 25.9 Å². The molecule has 0 bridgehead atoms. The fourth-order valence-electron chi connectivity index (χ4n) is 0.919. The summed E-state index contributed by atoms with van der Waals surface area (Å²) in [7, 11) is -1.61. The average molecular weight is 211 g/mol. The molecule has 1 aromatic heterocycles. The lowest BCUT2D eigenvalue weighted by atomic mass is 10.3. The molecule has 0 aromatic carbocycles. The molecule has 0 aliphatic rings. The van der Waals surface area contributed by atoms with Crippen molar-refractivity contribution in [3.05, 3.63) is 33.8 Å². The maximum absolute atomic E-state index is 7.04. The van der Waals surface area contributed by atoms with Gasteiger partial charge in [-0.1, -0.05) is 0 Å². The van der Waals surface area contributed by atoms with E-state index >= 15 is 0 Å². The minimum atomic E-state index is -1.61. The van der Waals surface area contributed by atoms with Crippen LogP contribution in [0.1, 0.15) is 11.8 Å². The maximum Gasteiger partial charge on any atom is 0.346 e. The van der Waals surface area contributed by atoms with Crippen molar-refractivity contribution in [1.82, 2.24) is 0 Å². The quantitative estimate of drug-likeness (QED) is 0.551. The van der Waals surface area contributed by atoms with E-state index in [1.807, 2.05) is 16.8 Å². The molecular formula is C9H13NOSSi. The number of thiophene rings is 1. The van der Waals surface area contributed by atoms with E-state index in [4.69, 9.17) is 11.0 Å². The Balaban J connectivity index is 2.72. The second-order valence-corrected chi connectivity index (χ2v) is 9.01. The highest BCUT2D eigenvalue weighted by atomic mass is 32.1. The normalized spacial score (nSPS) is 13.7. The lowest BCUT2D eigenvalue weighted by Crippen LogP contribution is -2.26. The Hall–Kier alpha value is -0.633. The molecule has 0 aliphatic heterocycles. The summed E-state index contributed by atoms with van der Waals surface area (Å²) < 4.78 is 5.72. The number of nitrogens with zero attached hydrogens (tertiary/aromatic N) is 1. The molecule has 13 heavy (non-hydrogen) atoms. The molecule has 0 fully saturated rings. The summed E-state index contributed by atoms with van der Waals surface area (Å²) in [4.78, 5) is 3.49. The molecule has 1 unspecified atom stereocenters. The van der Waals surface area contributed by atoms with Crippen LogP contribution < -0.4 is 0 Å². The van der Waals surface area contributed by atoms with Crippen molar-refractivity contribution in [1.29, 1.82) is 0 Å². The molecule has 0 aliphatic carbocycles. The summed E-state index contributed by atoms with van der Waals surface area (Å²) in [5, 5.41) is 3.95. The predicted octanol–water partition coefficient (Wildman–Crippen LogP) is 3.52. The molecule has 1 aromatic rings. The van der Waals surface area contributed by atoms with Crippen molar-refractivity contribution in [2.75, 3.05) is 0 Å². The van der Waals surface area contributed by atoms with Crippen LogP contribution >= 0.6 is 11.3 Å². The molecule has 70 valence electrons. The Bertz CT molecular complexity index is 296. The van der Waals surface area contributed by atoms with Crippen LogP contribution in [0.15, 0.2) is 16.8 Å². The number of hydrogen-bond acceptors (Lipinski definition) is 2. The lowest BCUT2D eigenvalue weighted by molar-refractivity contribution is 0.246. The van der Waals surface area contributed by atoms with Gasteiger partial charge in [0.1, 0.15) is 0 Å². The second kappa shape index (κ2) is 4.05. The van der Waals surface area contributed by atoms with E-state index in [1.165, 1.54) is 0 Å². The van der Waals surface area contributed by atoms with E-state index < -0.39 is 14.5 Å². The third-order valence-electron chi connectivity index (χ3n) is 1.41. The number of hydrogen-bond donors (Lipinski definition) is 0.